The van der Waals surface area contributed by atoms with Crippen LogP contribution >= 0.6 is 11.3 Å². The quantitative estimate of drug-likeness (QED) is 0.287. The number of H-pyrrole nitrogens is 1. The SMILES string of the molecule is Cc1ccc2nc(CCNCCc3nc4c(NCc5ncccc5C)ncnc4s3)[nH]c2c1. The molecule has 0 aliphatic rings. The molecule has 168 valence electrons. The Morgan fingerprint density at radius 2 is 1.91 bits per heavy atom. The van der Waals surface area contributed by atoms with Gasteiger partial charge >= 0.3 is 0 Å². The van der Waals surface area contributed by atoms with Crippen molar-refractivity contribution in [1.82, 2.24) is 35.2 Å². The fourth-order valence-electron chi connectivity index (χ4n) is 3.73. The third kappa shape index (κ3) is 4.99. The van der Waals surface area contributed by atoms with E-state index in [0.717, 1.165) is 75.2 Å². The van der Waals surface area contributed by atoms with E-state index < -0.39 is 0 Å². The monoisotopic (exact) mass is 458 g/mol. The molecule has 0 fully saturated rings. The third-order valence-electron chi connectivity index (χ3n) is 5.52. The van der Waals surface area contributed by atoms with Crippen molar-refractivity contribution in [2.24, 2.45) is 0 Å². The van der Waals surface area contributed by atoms with Gasteiger partial charge in [0.15, 0.2) is 5.82 Å². The molecule has 0 bridgehead atoms. The maximum Gasteiger partial charge on any atom is 0.157 e. The number of thiazole rings is 1. The molecule has 5 aromatic rings. The van der Waals surface area contributed by atoms with E-state index in [0.29, 0.717) is 6.54 Å². The molecule has 0 atom stereocenters. The van der Waals surface area contributed by atoms with Gasteiger partial charge in [-0.3, -0.25) is 4.98 Å². The van der Waals surface area contributed by atoms with E-state index >= 15 is 0 Å². The van der Waals surface area contributed by atoms with Crippen LogP contribution in [0.1, 0.15) is 27.7 Å². The van der Waals surface area contributed by atoms with Crippen molar-refractivity contribution in [2.75, 3.05) is 18.4 Å². The summed E-state index contributed by atoms with van der Waals surface area (Å²) in [6, 6.07) is 10.3. The van der Waals surface area contributed by atoms with Gasteiger partial charge in [-0.2, -0.15) is 0 Å². The molecule has 33 heavy (non-hydrogen) atoms. The summed E-state index contributed by atoms with van der Waals surface area (Å²) in [6.07, 6.45) is 5.10. The molecule has 1 aromatic carbocycles. The Morgan fingerprint density at radius 1 is 1.00 bits per heavy atom. The van der Waals surface area contributed by atoms with Crippen LogP contribution in [0.15, 0.2) is 42.9 Å². The van der Waals surface area contributed by atoms with Crippen molar-refractivity contribution in [1.29, 1.82) is 0 Å². The van der Waals surface area contributed by atoms with E-state index in [2.05, 4.69) is 73.7 Å². The standard InChI is InChI=1S/C24H26N8S/c1-15-5-6-17-18(12-15)31-20(30-17)7-10-25-11-8-21-32-22-23(28-14-29-24(22)33-21)27-13-19-16(2)4-3-9-26-19/h3-6,9,12,14,25H,7-8,10-11,13H2,1-2H3,(H,30,31)(H,27,28,29). The summed E-state index contributed by atoms with van der Waals surface area (Å²) in [5.74, 6) is 1.76. The van der Waals surface area contributed by atoms with Gasteiger partial charge in [0.1, 0.15) is 22.5 Å². The van der Waals surface area contributed by atoms with E-state index in [-0.39, 0.29) is 0 Å². The summed E-state index contributed by atoms with van der Waals surface area (Å²) >= 11 is 1.62. The molecule has 8 nitrogen and oxygen atoms in total. The molecule has 5 rings (SSSR count). The van der Waals surface area contributed by atoms with Gasteiger partial charge in [-0.1, -0.05) is 23.5 Å². The van der Waals surface area contributed by atoms with Crippen LogP contribution in [0.4, 0.5) is 5.82 Å². The van der Waals surface area contributed by atoms with Crippen LogP contribution in [0.5, 0.6) is 0 Å². The molecule has 0 aliphatic heterocycles. The maximum atomic E-state index is 4.79. The highest BCUT2D eigenvalue weighted by Crippen LogP contribution is 2.25. The Balaban J connectivity index is 1.15. The predicted molar refractivity (Wildman–Crippen MR) is 133 cm³/mol. The number of hydrogen-bond acceptors (Lipinski definition) is 8. The van der Waals surface area contributed by atoms with E-state index in [1.165, 1.54) is 5.56 Å². The van der Waals surface area contributed by atoms with Crippen molar-refractivity contribution in [3.05, 3.63) is 70.5 Å². The van der Waals surface area contributed by atoms with Gasteiger partial charge in [-0.25, -0.2) is 19.9 Å². The number of hydrogen-bond donors (Lipinski definition) is 3. The Hall–Kier alpha value is -3.43. The van der Waals surface area contributed by atoms with Crippen molar-refractivity contribution < 1.29 is 0 Å². The van der Waals surface area contributed by atoms with Crippen molar-refractivity contribution in [2.45, 2.75) is 33.2 Å². The molecule has 9 heteroatoms. The van der Waals surface area contributed by atoms with Crippen LogP contribution in [0.3, 0.4) is 0 Å². The summed E-state index contributed by atoms with van der Waals surface area (Å²) in [7, 11) is 0. The number of nitrogens with zero attached hydrogens (tertiary/aromatic N) is 5. The first-order valence-electron chi connectivity index (χ1n) is 11.1. The highest BCUT2D eigenvalue weighted by atomic mass is 32.1. The lowest BCUT2D eigenvalue weighted by molar-refractivity contribution is 0.670. The minimum atomic E-state index is 0.606. The number of anilines is 1. The second-order valence-corrected chi connectivity index (χ2v) is 9.12. The molecule has 0 saturated carbocycles. The summed E-state index contributed by atoms with van der Waals surface area (Å²) < 4.78 is 0. The van der Waals surface area contributed by atoms with Crippen LogP contribution in [0, 0.1) is 13.8 Å². The van der Waals surface area contributed by atoms with Crippen molar-refractivity contribution >= 4 is 38.5 Å². The Morgan fingerprint density at radius 3 is 2.82 bits per heavy atom. The van der Waals surface area contributed by atoms with Crippen LogP contribution < -0.4 is 10.6 Å². The lowest BCUT2D eigenvalue weighted by Gasteiger charge is -2.07. The van der Waals surface area contributed by atoms with Crippen LogP contribution in [-0.4, -0.2) is 43.0 Å². The molecule has 3 N–H and O–H groups in total. The van der Waals surface area contributed by atoms with E-state index in [9.17, 15) is 0 Å². The molecule has 0 amide bonds. The van der Waals surface area contributed by atoms with Crippen molar-refractivity contribution in [3.8, 4) is 0 Å². The first-order chi connectivity index (χ1) is 16.2. The Kier molecular flexibility index (Phi) is 6.23. The minimum absolute atomic E-state index is 0.606. The number of fused-ring (bicyclic) bond motifs is 2. The molecule has 0 saturated heterocycles. The fraction of sp³-hybridized carbons (Fsp3) is 0.292. The van der Waals surface area contributed by atoms with Crippen LogP contribution in [-0.2, 0) is 19.4 Å². The first kappa shape index (κ1) is 21.4. The smallest absolute Gasteiger partial charge is 0.157 e. The predicted octanol–water partition coefficient (Wildman–Crippen LogP) is 3.96. The van der Waals surface area contributed by atoms with E-state index in [1.54, 1.807) is 17.7 Å². The van der Waals surface area contributed by atoms with Crippen molar-refractivity contribution in [3.63, 3.8) is 0 Å². The number of nitrogens with one attached hydrogen (secondary N) is 3. The summed E-state index contributed by atoms with van der Waals surface area (Å²) in [5.41, 5.74) is 6.34. The molecular formula is C24H26N8S. The van der Waals surface area contributed by atoms with Gasteiger partial charge in [-0.15, -0.1) is 0 Å². The van der Waals surface area contributed by atoms with Gasteiger partial charge in [0.25, 0.3) is 0 Å². The number of pyridine rings is 1. The Bertz CT molecular complexity index is 1390. The Labute approximate surface area is 196 Å². The fourth-order valence-corrected chi connectivity index (χ4v) is 4.63. The maximum absolute atomic E-state index is 4.79. The number of imidazole rings is 1. The highest BCUT2D eigenvalue weighted by molar-refractivity contribution is 7.18. The normalized spacial score (nSPS) is 11.5. The molecule has 0 spiro atoms. The minimum Gasteiger partial charge on any atom is -0.362 e. The van der Waals surface area contributed by atoms with Gasteiger partial charge < -0.3 is 15.6 Å². The summed E-state index contributed by atoms with van der Waals surface area (Å²) in [5, 5.41) is 7.92. The van der Waals surface area contributed by atoms with Crippen LogP contribution in [0.25, 0.3) is 21.4 Å². The molecular weight excluding hydrogens is 432 g/mol. The number of aromatic nitrogens is 6. The lowest BCUT2D eigenvalue weighted by atomic mass is 10.2. The second kappa shape index (κ2) is 9.60. The van der Waals surface area contributed by atoms with Gasteiger partial charge in [-0.05, 0) is 43.2 Å². The summed E-state index contributed by atoms with van der Waals surface area (Å²) in [4.78, 5) is 27.0. The van der Waals surface area contributed by atoms with Crippen LogP contribution in [0.2, 0.25) is 0 Å². The lowest BCUT2D eigenvalue weighted by Crippen LogP contribution is -2.20. The average Bonchev–Trinajstić information content (AvgIpc) is 3.41. The number of aromatic amines is 1. The highest BCUT2D eigenvalue weighted by Gasteiger charge is 2.11. The average molecular weight is 459 g/mol. The third-order valence-corrected chi connectivity index (χ3v) is 6.54. The molecule has 0 radical (unpaired) electrons. The molecule has 4 heterocycles. The van der Waals surface area contributed by atoms with Gasteiger partial charge in [0.2, 0.25) is 0 Å². The molecule has 0 unspecified atom stereocenters. The largest absolute Gasteiger partial charge is 0.362 e. The van der Waals surface area contributed by atoms with Gasteiger partial charge in [0, 0.05) is 32.1 Å². The zero-order chi connectivity index (χ0) is 22.6. The number of benzene rings is 1. The number of rotatable bonds is 9. The van der Waals surface area contributed by atoms with Gasteiger partial charge in [0.05, 0.1) is 28.3 Å². The second-order valence-electron chi connectivity index (χ2n) is 8.06. The first-order valence-corrected chi connectivity index (χ1v) is 11.9. The molecule has 0 aliphatic carbocycles. The molecule has 4 aromatic heterocycles. The van der Waals surface area contributed by atoms with E-state index in [4.69, 9.17) is 4.98 Å². The number of aryl methyl sites for hydroxylation is 2. The zero-order valence-electron chi connectivity index (χ0n) is 18.7. The zero-order valence-corrected chi connectivity index (χ0v) is 19.5. The van der Waals surface area contributed by atoms with E-state index in [1.807, 2.05) is 12.3 Å². The topological polar surface area (TPSA) is 104 Å². The summed E-state index contributed by atoms with van der Waals surface area (Å²) in [6.45, 7) is 6.47.